The van der Waals surface area contributed by atoms with Crippen LogP contribution in [0.4, 0.5) is 5.13 Å². The number of ether oxygens (including phenoxy) is 2. The predicted molar refractivity (Wildman–Crippen MR) is 69.8 cm³/mol. The number of methoxy groups -OCH3 is 2. The highest BCUT2D eigenvalue weighted by molar-refractivity contribution is 7.21. The van der Waals surface area contributed by atoms with E-state index in [-0.39, 0.29) is 0 Å². The van der Waals surface area contributed by atoms with E-state index >= 15 is 0 Å². The molecule has 0 bridgehead atoms. The lowest BCUT2D eigenvalue weighted by Crippen LogP contribution is -2.34. The highest BCUT2D eigenvalue weighted by Gasteiger charge is 2.17. The van der Waals surface area contributed by atoms with Crippen molar-refractivity contribution < 1.29 is 14.0 Å². The minimum Gasteiger partial charge on any atom is -0.493 e. The van der Waals surface area contributed by atoms with Gasteiger partial charge in [-0.1, -0.05) is 6.92 Å². The average molecular weight is 253 g/mol. The molecule has 0 aliphatic heterocycles. The van der Waals surface area contributed by atoms with E-state index in [0.717, 1.165) is 39.8 Å². The predicted octanol–water partition coefficient (Wildman–Crippen LogP) is 2.20. The Bertz CT molecular complexity index is 537. The first-order chi connectivity index (χ1) is 8.21. The molecule has 1 heterocycles. The van der Waals surface area contributed by atoms with Crippen LogP contribution in [-0.4, -0.2) is 14.2 Å². The summed E-state index contributed by atoms with van der Waals surface area (Å²) in [5.41, 5.74) is 7.13. The second-order valence-electron chi connectivity index (χ2n) is 3.77. The van der Waals surface area contributed by atoms with Gasteiger partial charge in [0.15, 0.2) is 11.5 Å². The number of aryl methyl sites for hydroxylation is 1. The van der Waals surface area contributed by atoms with Gasteiger partial charge in [0.2, 0.25) is 0 Å². The van der Waals surface area contributed by atoms with Crippen molar-refractivity contribution in [3.05, 3.63) is 12.1 Å². The number of nitrogens with zero attached hydrogens (tertiary/aromatic N) is 1. The summed E-state index contributed by atoms with van der Waals surface area (Å²) in [6.45, 7) is 3.05. The number of benzene rings is 1. The second kappa shape index (κ2) is 4.79. The third-order valence-corrected chi connectivity index (χ3v) is 3.66. The second-order valence-corrected chi connectivity index (χ2v) is 4.83. The van der Waals surface area contributed by atoms with Gasteiger partial charge in [-0.25, -0.2) is 4.57 Å². The maximum atomic E-state index is 6.02. The van der Waals surface area contributed by atoms with Crippen molar-refractivity contribution in [3.63, 3.8) is 0 Å². The number of hydrogen-bond donors (Lipinski definition) is 1. The van der Waals surface area contributed by atoms with Crippen LogP contribution in [0.1, 0.15) is 13.3 Å². The van der Waals surface area contributed by atoms with Gasteiger partial charge in [0.05, 0.1) is 25.5 Å². The fourth-order valence-corrected chi connectivity index (χ4v) is 2.85. The normalized spacial score (nSPS) is 10.8. The van der Waals surface area contributed by atoms with Crippen LogP contribution in [0.15, 0.2) is 12.1 Å². The van der Waals surface area contributed by atoms with E-state index in [0.29, 0.717) is 0 Å². The van der Waals surface area contributed by atoms with Crippen molar-refractivity contribution in [2.24, 2.45) is 0 Å². The number of rotatable bonds is 4. The van der Waals surface area contributed by atoms with Crippen LogP contribution in [0, 0.1) is 0 Å². The van der Waals surface area contributed by atoms with Crippen LogP contribution in [-0.2, 0) is 6.54 Å². The first-order valence-electron chi connectivity index (χ1n) is 5.55. The molecular formula is C12H17N2O2S+. The SMILES string of the molecule is CCC[n+]1c(N)sc2cc(OC)c(OC)cc21. The van der Waals surface area contributed by atoms with Gasteiger partial charge in [0.25, 0.3) is 0 Å². The van der Waals surface area contributed by atoms with E-state index in [2.05, 4.69) is 11.5 Å². The first kappa shape index (κ1) is 12.0. The summed E-state index contributed by atoms with van der Waals surface area (Å²) >= 11 is 1.57. The van der Waals surface area contributed by atoms with Gasteiger partial charge in [-0.05, 0) is 17.8 Å². The van der Waals surface area contributed by atoms with E-state index in [1.165, 1.54) is 0 Å². The fraction of sp³-hybridized carbons (Fsp3) is 0.417. The summed E-state index contributed by atoms with van der Waals surface area (Å²) in [5.74, 6) is 1.48. The number of nitrogen functional groups attached to an aromatic ring is 1. The highest BCUT2D eigenvalue weighted by Crippen LogP contribution is 2.34. The summed E-state index contributed by atoms with van der Waals surface area (Å²) in [6.07, 6.45) is 1.05. The molecule has 0 saturated heterocycles. The van der Waals surface area contributed by atoms with Crippen LogP contribution in [0.5, 0.6) is 11.5 Å². The number of thiazole rings is 1. The van der Waals surface area contributed by atoms with E-state index in [1.807, 2.05) is 12.1 Å². The lowest BCUT2D eigenvalue weighted by Gasteiger charge is -2.06. The standard InChI is InChI=1S/C12H16N2O2S/c1-4-5-14-8-6-9(15-2)10(16-3)7-11(8)17-12(14)13/h6-7,13H,4-5H2,1-3H3/p+1. The third-order valence-electron chi connectivity index (χ3n) is 2.68. The number of fused-ring (bicyclic) bond motifs is 1. The van der Waals surface area contributed by atoms with Crippen molar-refractivity contribution in [2.75, 3.05) is 20.0 Å². The monoisotopic (exact) mass is 253 g/mol. The van der Waals surface area contributed by atoms with Gasteiger partial charge in [-0.2, -0.15) is 0 Å². The van der Waals surface area contributed by atoms with Crippen LogP contribution >= 0.6 is 11.3 Å². The molecule has 0 atom stereocenters. The van der Waals surface area contributed by atoms with Gasteiger partial charge in [-0.15, -0.1) is 0 Å². The summed E-state index contributed by atoms with van der Waals surface area (Å²) in [6, 6.07) is 3.96. The molecule has 2 rings (SSSR count). The van der Waals surface area contributed by atoms with Crippen LogP contribution in [0.3, 0.4) is 0 Å². The summed E-state index contributed by atoms with van der Waals surface area (Å²) < 4.78 is 13.8. The van der Waals surface area contributed by atoms with E-state index < -0.39 is 0 Å². The first-order valence-corrected chi connectivity index (χ1v) is 6.36. The molecule has 0 fully saturated rings. The van der Waals surface area contributed by atoms with Gasteiger partial charge >= 0.3 is 5.13 Å². The summed E-state index contributed by atoms with van der Waals surface area (Å²) in [4.78, 5) is 0. The van der Waals surface area contributed by atoms with Crippen molar-refractivity contribution in [3.8, 4) is 11.5 Å². The van der Waals surface area contributed by atoms with Crippen LogP contribution in [0.2, 0.25) is 0 Å². The van der Waals surface area contributed by atoms with Gasteiger partial charge in [0, 0.05) is 12.1 Å². The van der Waals surface area contributed by atoms with Crippen LogP contribution in [0.25, 0.3) is 10.2 Å². The maximum Gasteiger partial charge on any atom is 0.332 e. The molecule has 17 heavy (non-hydrogen) atoms. The minimum atomic E-state index is 0.739. The molecule has 2 N–H and O–H groups in total. The Hall–Kier alpha value is -1.49. The molecule has 92 valence electrons. The highest BCUT2D eigenvalue weighted by atomic mass is 32.1. The van der Waals surface area contributed by atoms with Gasteiger partial charge in [0.1, 0.15) is 5.52 Å². The lowest BCUT2D eigenvalue weighted by molar-refractivity contribution is -0.653. The minimum absolute atomic E-state index is 0.739. The molecule has 5 heteroatoms. The molecule has 1 aromatic heterocycles. The molecule has 2 aromatic rings. The Morgan fingerprint density at radius 1 is 1.24 bits per heavy atom. The Balaban J connectivity index is 2.65. The molecular weight excluding hydrogens is 236 g/mol. The molecule has 0 spiro atoms. The molecule has 4 nitrogen and oxygen atoms in total. The maximum absolute atomic E-state index is 6.02. The quantitative estimate of drug-likeness (QED) is 0.850. The number of hydrogen-bond acceptors (Lipinski definition) is 4. The van der Waals surface area contributed by atoms with Gasteiger partial charge < -0.3 is 9.47 Å². The molecule has 1 aromatic carbocycles. The molecule has 0 radical (unpaired) electrons. The number of anilines is 1. The van der Waals surface area contributed by atoms with Gasteiger partial charge in [-0.3, -0.25) is 5.73 Å². The van der Waals surface area contributed by atoms with Crippen molar-refractivity contribution >= 4 is 26.7 Å². The Morgan fingerprint density at radius 3 is 2.47 bits per heavy atom. The van der Waals surface area contributed by atoms with E-state index in [1.54, 1.807) is 25.6 Å². The molecule has 0 aliphatic carbocycles. The van der Waals surface area contributed by atoms with Crippen molar-refractivity contribution in [1.82, 2.24) is 0 Å². The topological polar surface area (TPSA) is 48.4 Å². The Morgan fingerprint density at radius 2 is 1.88 bits per heavy atom. The Labute approximate surface area is 105 Å². The Kier molecular flexibility index (Phi) is 3.38. The summed E-state index contributed by atoms with van der Waals surface area (Å²) in [5, 5.41) is 0.817. The zero-order valence-electron chi connectivity index (χ0n) is 10.3. The zero-order chi connectivity index (χ0) is 12.4. The smallest absolute Gasteiger partial charge is 0.332 e. The lowest BCUT2D eigenvalue weighted by atomic mass is 10.3. The number of aromatic nitrogens is 1. The van der Waals surface area contributed by atoms with Crippen molar-refractivity contribution in [2.45, 2.75) is 19.9 Å². The van der Waals surface area contributed by atoms with Crippen molar-refractivity contribution in [1.29, 1.82) is 0 Å². The van der Waals surface area contributed by atoms with Crippen LogP contribution < -0.4 is 19.8 Å². The molecule has 0 aliphatic rings. The van der Waals surface area contributed by atoms with E-state index in [4.69, 9.17) is 15.2 Å². The molecule has 0 unspecified atom stereocenters. The van der Waals surface area contributed by atoms with E-state index in [9.17, 15) is 0 Å². The summed E-state index contributed by atoms with van der Waals surface area (Å²) in [7, 11) is 3.28. The third kappa shape index (κ3) is 2.02. The number of nitrogens with two attached hydrogens (primary N) is 1. The largest absolute Gasteiger partial charge is 0.493 e. The molecule has 0 amide bonds. The average Bonchev–Trinajstić information content (AvgIpc) is 2.64. The molecule has 0 saturated carbocycles. The zero-order valence-corrected chi connectivity index (χ0v) is 11.1. The fourth-order valence-electron chi connectivity index (χ4n) is 1.88.